The standard InChI is InChI=1S/C21H15Cl4FN2O3S/c22-13-4-7-15(8-5-13)32(30,31)28(11-16-17(23)2-1-3-18(16)24)12-21(29)27-14-6-9-20(26)19(25)10-14/h1-10H,11-12H2,(H,27,29). The van der Waals surface area contributed by atoms with Crippen molar-refractivity contribution in [3.63, 3.8) is 0 Å². The number of sulfonamides is 1. The van der Waals surface area contributed by atoms with Crippen LogP contribution in [0.5, 0.6) is 0 Å². The molecule has 0 spiro atoms. The van der Waals surface area contributed by atoms with E-state index < -0.39 is 28.3 Å². The number of benzene rings is 3. The minimum Gasteiger partial charge on any atom is -0.325 e. The molecule has 0 saturated heterocycles. The Hall–Kier alpha value is -1.87. The van der Waals surface area contributed by atoms with Gasteiger partial charge in [0.2, 0.25) is 15.9 Å². The number of hydrogen-bond donors (Lipinski definition) is 1. The summed E-state index contributed by atoms with van der Waals surface area (Å²) in [5, 5.41) is 3.18. The fourth-order valence-electron chi connectivity index (χ4n) is 2.78. The predicted molar refractivity (Wildman–Crippen MR) is 126 cm³/mol. The minimum atomic E-state index is -4.14. The summed E-state index contributed by atoms with van der Waals surface area (Å²) in [5.41, 5.74) is 0.548. The van der Waals surface area contributed by atoms with E-state index in [1.807, 2.05) is 0 Å². The molecule has 1 N–H and O–H groups in total. The Bertz CT molecular complexity index is 1230. The Labute approximate surface area is 204 Å². The molecule has 0 atom stereocenters. The van der Waals surface area contributed by atoms with Gasteiger partial charge in [0.15, 0.2) is 0 Å². The lowest BCUT2D eigenvalue weighted by molar-refractivity contribution is -0.116. The van der Waals surface area contributed by atoms with E-state index in [0.717, 1.165) is 10.4 Å². The van der Waals surface area contributed by atoms with Gasteiger partial charge in [0.25, 0.3) is 0 Å². The Morgan fingerprint density at radius 3 is 2.12 bits per heavy atom. The lowest BCUT2D eigenvalue weighted by atomic mass is 10.2. The van der Waals surface area contributed by atoms with Gasteiger partial charge in [0, 0.05) is 32.9 Å². The number of nitrogens with zero attached hydrogens (tertiary/aromatic N) is 1. The number of anilines is 1. The summed E-state index contributed by atoms with van der Waals surface area (Å²) in [6.45, 7) is -0.831. The number of carbonyl (C=O) groups is 1. The first kappa shape index (κ1) is 24.8. The fraction of sp³-hybridized carbons (Fsp3) is 0.0952. The van der Waals surface area contributed by atoms with Crippen molar-refractivity contribution >= 4 is 68.0 Å². The molecular formula is C21H15Cl4FN2O3S. The molecule has 1 amide bonds. The molecule has 32 heavy (non-hydrogen) atoms. The smallest absolute Gasteiger partial charge is 0.243 e. The average molecular weight is 536 g/mol. The number of rotatable bonds is 7. The van der Waals surface area contributed by atoms with E-state index in [1.54, 1.807) is 18.2 Å². The van der Waals surface area contributed by atoms with Gasteiger partial charge >= 0.3 is 0 Å². The first-order valence-electron chi connectivity index (χ1n) is 9.01. The number of carbonyl (C=O) groups excluding carboxylic acids is 1. The summed E-state index contributed by atoms with van der Waals surface area (Å²) in [6, 6.07) is 13.9. The molecule has 0 aliphatic carbocycles. The highest BCUT2D eigenvalue weighted by molar-refractivity contribution is 7.89. The van der Waals surface area contributed by atoms with Gasteiger partial charge in [0.1, 0.15) is 5.82 Å². The van der Waals surface area contributed by atoms with Crippen molar-refractivity contribution in [1.82, 2.24) is 4.31 Å². The van der Waals surface area contributed by atoms with Crippen molar-refractivity contribution in [1.29, 1.82) is 0 Å². The summed E-state index contributed by atoms with van der Waals surface area (Å²) < 4.78 is 40.9. The summed E-state index contributed by atoms with van der Waals surface area (Å²) in [5.74, 6) is -1.32. The molecule has 0 aromatic heterocycles. The zero-order valence-corrected chi connectivity index (χ0v) is 20.0. The third kappa shape index (κ3) is 5.92. The molecule has 3 aromatic carbocycles. The van der Waals surface area contributed by atoms with Gasteiger partial charge in [-0.3, -0.25) is 4.79 Å². The maximum absolute atomic E-state index is 13.4. The number of amides is 1. The van der Waals surface area contributed by atoms with Crippen molar-refractivity contribution in [3.8, 4) is 0 Å². The monoisotopic (exact) mass is 534 g/mol. The molecule has 0 radical (unpaired) electrons. The van der Waals surface area contributed by atoms with Crippen molar-refractivity contribution in [2.75, 3.05) is 11.9 Å². The second kappa shape index (κ2) is 10.4. The number of hydrogen-bond acceptors (Lipinski definition) is 3. The normalized spacial score (nSPS) is 11.6. The Balaban J connectivity index is 1.93. The van der Waals surface area contributed by atoms with E-state index in [9.17, 15) is 17.6 Å². The van der Waals surface area contributed by atoms with E-state index in [4.69, 9.17) is 46.4 Å². The highest BCUT2D eigenvalue weighted by Gasteiger charge is 2.28. The van der Waals surface area contributed by atoms with Crippen LogP contribution in [0.15, 0.2) is 65.6 Å². The largest absolute Gasteiger partial charge is 0.325 e. The van der Waals surface area contributed by atoms with Gasteiger partial charge < -0.3 is 5.32 Å². The van der Waals surface area contributed by atoms with Gasteiger partial charge in [0.05, 0.1) is 16.5 Å². The van der Waals surface area contributed by atoms with E-state index in [2.05, 4.69) is 5.32 Å². The summed E-state index contributed by atoms with van der Waals surface area (Å²) >= 11 is 24.0. The molecule has 0 heterocycles. The van der Waals surface area contributed by atoms with Crippen LogP contribution in [-0.2, 0) is 21.4 Å². The van der Waals surface area contributed by atoms with E-state index in [1.165, 1.54) is 36.4 Å². The van der Waals surface area contributed by atoms with Gasteiger partial charge in [-0.25, -0.2) is 12.8 Å². The third-order valence-electron chi connectivity index (χ3n) is 4.37. The topological polar surface area (TPSA) is 66.5 Å². The summed E-state index contributed by atoms with van der Waals surface area (Å²) in [4.78, 5) is 12.6. The minimum absolute atomic E-state index is 0.0669. The molecule has 0 fully saturated rings. The zero-order chi connectivity index (χ0) is 23.5. The fourth-order valence-corrected chi connectivity index (χ4v) is 4.96. The Morgan fingerprint density at radius 1 is 0.906 bits per heavy atom. The van der Waals surface area contributed by atoms with Gasteiger partial charge in [-0.15, -0.1) is 0 Å². The van der Waals surface area contributed by atoms with Crippen molar-refractivity contribution in [2.24, 2.45) is 0 Å². The quantitative estimate of drug-likeness (QED) is 0.387. The van der Waals surface area contributed by atoms with E-state index in [0.29, 0.717) is 10.6 Å². The number of halogens is 5. The molecule has 168 valence electrons. The lowest BCUT2D eigenvalue weighted by Crippen LogP contribution is -2.37. The van der Waals surface area contributed by atoms with Crippen molar-refractivity contribution in [3.05, 3.63) is 92.1 Å². The van der Waals surface area contributed by atoms with Crippen molar-refractivity contribution in [2.45, 2.75) is 11.4 Å². The second-order valence-electron chi connectivity index (χ2n) is 6.60. The lowest BCUT2D eigenvalue weighted by Gasteiger charge is -2.23. The van der Waals surface area contributed by atoms with Gasteiger partial charge in [-0.1, -0.05) is 52.5 Å². The second-order valence-corrected chi connectivity index (χ2v) is 10.2. The highest BCUT2D eigenvalue weighted by Crippen LogP contribution is 2.28. The van der Waals surface area contributed by atoms with Crippen LogP contribution in [0.2, 0.25) is 20.1 Å². The first-order chi connectivity index (χ1) is 15.1. The Morgan fingerprint density at radius 2 is 1.53 bits per heavy atom. The maximum atomic E-state index is 13.4. The highest BCUT2D eigenvalue weighted by atomic mass is 35.5. The third-order valence-corrected chi connectivity index (χ3v) is 7.43. The molecule has 0 saturated carbocycles. The molecule has 0 aliphatic rings. The maximum Gasteiger partial charge on any atom is 0.243 e. The number of nitrogens with one attached hydrogen (secondary N) is 1. The molecule has 0 unspecified atom stereocenters. The van der Waals surface area contributed by atoms with Gasteiger partial charge in [-0.05, 0) is 54.6 Å². The van der Waals surface area contributed by atoms with Crippen LogP contribution in [0.1, 0.15) is 5.56 Å². The molecule has 3 rings (SSSR count). The van der Waals surface area contributed by atoms with Crippen LogP contribution in [0.4, 0.5) is 10.1 Å². The van der Waals surface area contributed by atoms with E-state index in [-0.39, 0.29) is 32.2 Å². The van der Waals surface area contributed by atoms with Gasteiger partial charge in [-0.2, -0.15) is 4.31 Å². The van der Waals surface area contributed by atoms with Crippen LogP contribution in [-0.4, -0.2) is 25.2 Å². The van der Waals surface area contributed by atoms with Crippen LogP contribution in [0.25, 0.3) is 0 Å². The predicted octanol–water partition coefficient (Wildman–Crippen LogP) is 6.27. The first-order valence-corrected chi connectivity index (χ1v) is 12.0. The van der Waals surface area contributed by atoms with Crippen LogP contribution in [0.3, 0.4) is 0 Å². The van der Waals surface area contributed by atoms with Crippen LogP contribution in [0, 0.1) is 5.82 Å². The van der Waals surface area contributed by atoms with Crippen LogP contribution < -0.4 is 5.32 Å². The summed E-state index contributed by atoms with van der Waals surface area (Å²) in [7, 11) is -4.14. The van der Waals surface area contributed by atoms with Crippen LogP contribution >= 0.6 is 46.4 Å². The molecule has 3 aromatic rings. The molecule has 11 heteroatoms. The molecule has 5 nitrogen and oxygen atoms in total. The molecule has 0 aliphatic heterocycles. The Kier molecular flexibility index (Phi) is 8.03. The SMILES string of the molecule is O=C(CN(Cc1c(Cl)cccc1Cl)S(=O)(=O)c1ccc(Cl)cc1)Nc1ccc(F)c(Cl)c1. The van der Waals surface area contributed by atoms with Crippen molar-refractivity contribution < 1.29 is 17.6 Å². The average Bonchev–Trinajstić information content (AvgIpc) is 2.73. The zero-order valence-electron chi connectivity index (χ0n) is 16.2. The summed E-state index contributed by atoms with van der Waals surface area (Å²) in [6.07, 6.45) is 0. The molecular weight excluding hydrogens is 521 g/mol. The molecule has 0 bridgehead atoms. The van der Waals surface area contributed by atoms with E-state index >= 15 is 0 Å².